The molecule has 2 aliphatic heterocycles. The molecule has 2 fully saturated rings. The van der Waals surface area contributed by atoms with Crippen molar-refractivity contribution in [3.8, 4) is 0 Å². The topological polar surface area (TPSA) is 63.4 Å². The third-order valence-electron chi connectivity index (χ3n) is 5.33. The van der Waals surface area contributed by atoms with Crippen LogP contribution in [0.1, 0.15) is 52.8 Å². The quantitative estimate of drug-likeness (QED) is 0.919. The maximum absolute atomic E-state index is 10.8. The molecule has 0 amide bonds. The number of aromatic nitrogens is 3. The zero-order chi connectivity index (χ0) is 16.7. The Hall–Kier alpha value is -0.980. The minimum absolute atomic E-state index is 0.0690. The first-order chi connectivity index (χ1) is 10.8. The highest BCUT2D eigenvalue weighted by Gasteiger charge is 2.44. The number of rotatable bonds is 3. The predicted octanol–water partition coefficient (Wildman–Crippen LogP) is 1.78. The highest BCUT2D eigenvalue weighted by Crippen LogP contribution is 2.36. The minimum atomic E-state index is -0.636. The number of likely N-dealkylation sites (tertiary alicyclic amines) is 1. The molecule has 1 N–H and O–H groups in total. The number of nitrogens with zero attached hydrogens (tertiary/aromatic N) is 4. The van der Waals surface area contributed by atoms with Crippen molar-refractivity contribution in [3.05, 3.63) is 12.2 Å². The van der Waals surface area contributed by atoms with Crippen LogP contribution in [-0.2, 0) is 16.8 Å². The molecule has 3 atom stereocenters. The summed E-state index contributed by atoms with van der Waals surface area (Å²) in [5.74, 6) is 1.17. The second-order valence-electron chi connectivity index (χ2n) is 8.23. The van der Waals surface area contributed by atoms with E-state index in [4.69, 9.17) is 4.74 Å². The van der Waals surface area contributed by atoms with Crippen LogP contribution in [0.2, 0.25) is 0 Å². The van der Waals surface area contributed by atoms with Gasteiger partial charge in [-0.05, 0) is 53.5 Å². The zero-order valence-corrected chi connectivity index (χ0v) is 14.8. The van der Waals surface area contributed by atoms with Crippen molar-refractivity contribution in [1.29, 1.82) is 0 Å². The van der Waals surface area contributed by atoms with Crippen LogP contribution in [0, 0.1) is 5.92 Å². The van der Waals surface area contributed by atoms with Crippen molar-refractivity contribution in [2.24, 2.45) is 5.92 Å². The van der Waals surface area contributed by atoms with Crippen LogP contribution in [-0.4, -0.2) is 56.2 Å². The Kier molecular flexibility index (Phi) is 4.51. The molecule has 6 heteroatoms. The smallest absolute Gasteiger partial charge is 0.141 e. The first kappa shape index (κ1) is 16.9. The highest BCUT2D eigenvalue weighted by atomic mass is 16.5. The van der Waals surface area contributed by atoms with E-state index in [1.165, 1.54) is 6.42 Å². The fourth-order valence-electron chi connectivity index (χ4n) is 4.00. The lowest BCUT2D eigenvalue weighted by Gasteiger charge is -2.43. The summed E-state index contributed by atoms with van der Waals surface area (Å²) in [7, 11) is 0. The van der Waals surface area contributed by atoms with Crippen LogP contribution >= 0.6 is 0 Å². The summed E-state index contributed by atoms with van der Waals surface area (Å²) in [6.07, 6.45) is 4.65. The third-order valence-corrected chi connectivity index (χ3v) is 5.33. The Morgan fingerprint density at radius 2 is 2.22 bits per heavy atom. The van der Waals surface area contributed by atoms with Crippen LogP contribution in [0.15, 0.2) is 6.33 Å². The van der Waals surface area contributed by atoms with Gasteiger partial charge in [-0.2, -0.15) is 5.10 Å². The standard InChI is InChI=1S/C17H30N4O2/c1-16(2,3)21-15(18-12-19-21)10-20-8-5-6-14(20)13-11-23-9-7-17(13,4)22/h12-14,22H,5-11H2,1-4H3. The second-order valence-corrected chi connectivity index (χ2v) is 8.23. The molecular weight excluding hydrogens is 292 g/mol. The van der Waals surface area contributed by atoms with Crippen molar-refractivity contribution >= 4 is 0 Å². The van der Waals surface area contributed by atoms with Gasteiger partial charge in [0.05, 0.1) is 24.3 Å². The van der Waals surface area contributed by atoms with E-state index in [0.717, 1.165) is 31.8 Å². The van der Waals surface area contributed by atoms with Gasteiger partial charge in [-0.1, -0.05) is 0 Å². The van der Waals surface area contributed by atoms with E-state index in [2.05, 4.69) is 35.8 Å². The van der Waals surface area contributed by atoms with Crippen molar-refractivity contribution in [2.45, 2.75) is 70.7 Å². The summed E-state index contributed by atoms with van der Waals surface area (Å²) in [4.78, 5) is 6.94. The first-order valence-electron chi connectivity index (χ1n) is 8.72. The average Bonchev–Trinajstić information content (AvgIpc) is 3.07. The Morgan fingerprint density at radius 3 is 2.91 bits per heavy atom. The van der Waals surface area contributed by atoms with Gasteiger partial charge in [0.25, 0.3) is 0 Å². The maximum Gasteiger partial charge on any atom is 0.141 e. The van der Waals surface area contributed by atoms with Crippen molar-refractivity contribution < 1.29 is 9.84 Å². The molecule has 1 aromatic heterocycles. The van der Waals surface area contributed by atoms with E-state index in [-0.39, 0.29) is 11.5 Å². The van der Waals surface area contributed by atoms with E-state index in [1.807, 2.05) is 11.6 Å². The summed E-state index contributed by atoms with van der Waals surface area (Å²) in [5.41, 5.74) is -0.705. The lowest BCUT2D eigenvalue weighted by Crippen LogP contribution is -2.52. The molecule has 0 radical (unpaired) electrons. The zero-order valence-electron chi connectivity index (χ0n) is 14.8. The first-order valence-corrected chi connectivity index (χ1v) is 8.72. The van der Waals surface area contributed by atoms with E-state index >= 15 is 0 Å². The van der Waals surface area contributed by atoms with Gasteiger partial charge in [0.2, 0.25) is 0 Å². The molecule has 0 aromatic carbocycles. The van der Waals surface area contributed by atoms with Crippen molar-refractivity contribution in [1.82, 2.24) is 19.7 Å². The summed E-state index contributed by atoms with van der Waals surface area (Å²) in [6, 6.07) is 0.357. The normalized spacial score (nSPS) is 33.3. The molecule has 1 aromatic rings. The minimum Gasteiger partial charge on any atom is -0.390 e. The molecule has 130 valence electrons. The number of hydrogen-bond acceptors (Lipinski definition) is 5. The molecule has 0 aliphatic carbocycles. The van der Waals surface area contributed by atoms with Crippen LogP contribution in [0.3, 0.4) is 0 Å². The van der Waals surface area contributed by atoms with E-state index in [9.17, 15) is 5.11 Å². The SMILES string of the molecule is CC1(O)CCOCC1C1CCCN1Cc1ncnn1C(C)(C)C. The summed E-state index contributed by atoms with van der Waals surface area (Å²) in [5, 5.41) is 15.2. The van der Waals surface area contributed by atoms with Crippen LogP contribution < -0.4 is 0 Å². The fraction of sp³-hybridized carbons (Fsp3) is 0.882. The molecule has 23 heavy (non-hydrogen) atoms. The molecule has 3 unspecified atom stereocenters. The van der Waals surface area contributed by atoms with Gasteiger partial charge in [-0.25, -0.2) is 9.67 Å². The van der Waals surface area contributed by atoms with Crippen molar-refractivity contribution in [3.63, 3.8) is 0 Å². The molecular formula is C17H30N4O2. The van der Waals surface area contributed by atoms with Gasteiger partial charge in [-0.3, -0.25) is 4.90 Å². The largest absolute Gasteiger partial charge is 0.390 e. The molecule has 0 bridgehead atoms. The van der Waals surface area contributed by atoms with Gasteiger partial charge in [-0.15, -0.1) is 0 Å². The number of ether oxygens (including phenoxy) is 1. The third kappa shape index (κ3) is 3.44. The van der Waals surface area contributed by atoms with Gasteiger partial charge in [0.1, 0.15) is 12.2 Å². The maximum atomic E-state index is 10.8. The Labute approximate surface area is 138 Å². The van der Waals surface area contributed by atoms with E-state index in [0.29, 0.717) is 19.3 Å². The second kappa shape index (κ2) is 6.15. The van der Waals surface area contributed by atoms with E-state index < -0.39 is 5.60 Å². The average molecular weight is 322 g/mol. The number of hydrogen-bond donors (Lipinski definition) is 1. The highest BCUT2D eigenvalue weighted by molar-refractivity contribution is 4.99. The van der Waals surface area contributed by atoms with Crippen LogP contribution in [0.25, 0.3) is 0 Å². The summed E-state index contributed by atoms with van der Waals surface area (Å²) >= 11 is 0. The predicted molar refractivity (Wildman–Crippen MR) is 88.0 cm³/mol. The Morgan fingerprint density at radius 1 is 1.43 bits per heavy atom. The van der Waals surface area contributed by atoms with E-state index in [1.54, 1.807) is 6.33 Å². The van der Waals surface area contributed by atoms with Crippen molar-refractivity contribution in [2.75, 3.05) is 19.8 Å². The fourth-order valence-corrected chi connectivity index (χ4v) is 4.00. The molecule has 3 rings (SSSR count). The summed E-state index contributed by atoms with van der Waals surface area (Å²) < 4.78 is 7.68. The molecule has 3 heterocycles. The Balaban J connectivity index is 1.76. The molecule has 0 saturated carbocycles. The summed E-state index contributed by atoms with van der Waals surface area (Å²) in [6.45, 7) is 11.6. The van der Waals surface area contributed by atoms with Crippen LogP contribution in [0.4, 0.5) is 0 Å². The molecule has 6 nitrogen and oxygen atoms in total. The van der Waals surface area contributed by atoms with Crippen LogP contribution in [0.5, 0.6) is 0 Å². The van der Waals surface area contributed by atoms with Gasteiger partial charge in [0.15, 0.2) is 0 Å². The van der Waals surface area contributed by atoms with Gasteiger partial charge < -0.3 is 9.84 Å². The van der Waals surface area contributed by atoms with Gasteiger partial charge in [0, 0.05) is 18.6 Å². The lowest BCUT2D eigenvalue weighted by atomic mass is 9.79. The Bertz CT molecular complexity index is 535. The molecule has 0 spiro atoms. The molecule has 2 aliphatic rings. The lowest BCUT2D eigenvalue weighted by molar-refractivity contribution is -0.123. The van der Waals surface area contributed by atoms with Gasteiger partial charge >= 0.3 is 0 Å². The number of aliphatic hydroxyl groups is 1. The monoisotopic (exact) mass is 322 g/mol. The molecule has 2 saturated heterocycles.